The van der Waals surface area contributed by atoms with Gasteiger partial charge in [0.25, 0.3) is 0 Å². The molecular weight excluding hydrogens is 376 g/mol. The Morgan fingerprint density at radius 1 is 0.875 bits per heavy atom. The monoisotopic (exact) mass is 389 g/mol. The third kappa shape index (κ3) is 4.11. The van der Waals surface area contributed by atoms with Crippen LogP contribution >= 0.6 is 15.9 Å². The lowest BCUT2D eigenvalue weighted by Crippen LogP contribution is -1.99. The van der Waals surface area contributed by atoms with E-state index >= 15 is 0 Å². The summed E-state index contributed by atoms with van der Waals surface area (Å²) in [6.45, 7) is 0.332. The molecule has 122 valence electrons. The molecule has 0 aliphatic rings. The van der Waals surface area contributed by atoms with Gasteiger partial charge in [0.2, 0.25) is 0 Å². The molecule has 3 rings (SSSR count). The second-order valence-corrected chi connectivity index (χ2v) is 5.96. The fourth-order valence-corrected chi connectivity index (χ4v) is 2.63. The van der Waals surface area contributed by atoms with Gasteiger partial charge in [0.15, 0.2) is 0 Å². The number of anilines is 2. The number of hydrogen-bond acceptors (Lipinski definition) is 2. The van der Waals surface area contributed by atoms with Gasteiger partial charge in [-0.05, 0) is 51.8 Å². The standard InChI is InChI=1S/C19H14BrF2NO/c20-19-17(23-16-8-6-14(21)7-9-16)10-15(22)11-18(19)24-12-13-4-2-1-3-5-13/h1-11,23H,12H2. The molecule has 0 saturated carbocycles. The molecule has 0 saturated heterocycles. The second kappa shape index (κ2) is 7.45. The van der Waals surface area contributed by atoms with E-state index in [9.17, 15) is 8.78 Å². The largest absolute Gasteiger partial charge is 0.488 e. The van der Waals surface area contributed by atoms with Crippen LogP contribution in [0, 0.1) is 11.6 Å². The molecule has 5 heteroatoms. The van der Waals surface area contributed by atoms with Gasteiger partial charge in [-0.3, -0.25) is 0 Å². The highest BCUT2D eigenvalue weighted by molar-refractivity contribution is 9.10. The van der Waals surface area contributed by atoms with Crippen molar-refractivity contribution in [3.63, 3.8) is 0 Å². The van der Waals surface area contributed by atoms with Crippen LogP contribution in [0.5, 0.6) is 5.75 Å². The Morgan fingerprint density at radius 3 is 2.29 bits per heavy atom. The molecule has 0 spiro atoms. The molecule has 0 amide bonds. The maximum Gasteiger partial charge on any atom is 0.139 e. The van der Waals surface area contributed by atoms with Crippen molar-refractivity contribution in [3.8, 4) is 5.75 Å². The normalized spacial score (nSPS) is 10.5. The van der Waals surface area contributed by atoms with Gasteiger partial charge in [0, 0.05) is 11.8 Å². The van der Waals surface area contributed by atoms with Crippen molar-refractivity contribution in [2.75, 3.05) is 5.32 Å². The second-order valence-electron chi connectivity index (χ2n) is 5.17. The molecule has 0 aliphatic heterocycles. The topological polar surface area (TPSA) is 21.3 Å². The first-order chi connectivity index (χ1) is 11.6. The fourth-order valence-electron chi connectivity index (χ4n) is 2.18. The molecule has 0 atom stereocenters. The van der Waals surface area contributed by atoms with Crippen molar-refractivity contribution in [1.82, 2.24) is 0 Å². The number of hydrogen-bond donors (Lipinski definition) is 1. The molecule has 0 radical (unpaired) electrons. The Hall–Kier alpha value is -2.40. The van der Waals surface area contributed by atoms with E-state index in [1.165, 1.54) is 24.3 Å². The van der Waals surface area contributed by atoms with Crippen LogP contribution < -0.4 is 10.1 Å². The highest BCUT2D eigenvalue weighted by Gasteiger charge is 2.11. The van der Waals surface area contributed by atoms with Crippen molar-refractivity contribution >= 4 is 27.3 Å². The van der Waals surface area contributed by atoms with Gasteiger partial charge in [0.1, 0.15) is 24.0 Å². The zero-order chi connectivity index (χ0) is 16.9. The SMILES string of the molecule is Fc1ccc(Nc2cc(F)cc(OCc3ccccc3)c2Br)cc1. The lowest BCUT2D eigenvalue weighted by molar-refractivity contribution is 0.303. The number of halogens is 3. The Kier molecular flexibility index (Phi) is 5.11. The highest BCUT2D eigenvalue weighted by Crippen LogP contribution is 2.36. The summed E-state index contributed by atoms with van der Waals surface area (Å²) >= 11 is 3.43. The van der Waals surface area contributed by atoms with E-state index in [2.05, 4.69) is 21.2 Å². The van der Waals surface area contributed by atoms with Crippen LogP contribution in [-0.2, 0) is 6.61 Å². The average molecular weight is 390 g/mol. The zero-order valence-electron chi connectivity index (χ0n) is 12.6. The van der Waals surface area contributed by atoms with E-state index in [1.54, 1.807) is 12.1 Å². The molecule has 0 aliphatic carbocycles. The maximum absolute atomic E-state index is 13.9. The quantitative estimate of drug-likeness (QED) is 0.573. The van der Waals surface area contributed by atoms with Gasteiger partial charge in [-0.2, -0.15) is 0 Å². The van der Waals surface area contributed by atoms with Crippen LogP contribution in [0.2, 0.25) is 0 Å². The number of rotatable bonds is 5. The van der Waals surface area contributed by atoms with Crippen LogP contribution in [-0.4, -0.2) is 0 Å². The van der Waals surface area contributed by atoms with Crippen molar-refractivity contribution in [2.45, 2.75) is 6.61 Å². The van der Waals surface area contributed by atoms with Gasteiger partial charge in [-0.1, -0.05) is 30.3 Å². The molecule has 0 fully saturated rings. The predicted octanol–water partition coefficient (Wildman–Crippen LogP) is 6.05. The maximum atomic E-state index is 13.9. The van der Waals surface area contributed by atoms with E-state index in [1.807, 2.05) is 30.3 Å². The summed E-state index contributed by atoms with van der Waals surface area (Å²) in [5.41, 5.74) is 2.14. The van der Waals surface area contributed by atoms with E-state index in [-0.39, 0.29) is 5.82 Å². The Bertz CT molecular complexity index is 823. The van der Waals surface area contributed by atoms with E-state index < -0.39 is 5.82 Å². The van der Waals surface area contributed by atoms with Gasteiger partial charge in [-0.15, -0.1) is 0 Å². The Morgan fingerprint density at radius 2 is 1.58 bits per heavy atom. The predicted molar refractivity (Wildman–Crippen MR) is 94.6 cm³/mol. The first kappa shape index (κ1) is 16.5. The van der Waals surface area contributed by atoms with Crippen LogP contribution in [0.4, 0.5) is 20.2 Å². The first-order valence-corrected chi connectivity index (χ1v) is 8.09. The summed E-state index contributed by atoms with van der Waals surface area (Å²) in [4.78, 5) is 0. The smallest absolute Gasteiger partial charge is 0.139 e. The van der Waals surface area contributed by atoms with Crippen molar-refractivity contribution in [3.05, 3.63) is 88.4 Å². The van der Waals surface area contributed by atoms with Gasteiger partial charge < -0.3 is 10.1 Å². The van der Waals surface area contributed by atoms with Crippen LogP contribution in [0.25, 0.3) is 0 Å². The minimum Gasteiger partial charge on any atom is -0.488 e. The van der Waals surface area contributed by atoms with Crippen LogP contribution in [0.3, 0.4) is 0 Å². The molecule has 1 N–H and O–H groups in total. The average Bonchev–Trinajstić information content (AvgIpc) is 2.59. The number of benzene rings is 3. The van der Waals surface area contributed by atoms with Gasteiger partial charge in [0.05, 0.1) is 10.2 Å². The third-order valence-electron chi connectivity index (χ3n) is 3.36. The van der Waals surface area contributed by atoms with Crippen LogP contribution in [0.15, 0.2) is 71.2 Å². The summed E-state index contributed by atoms with van der Waals surface area (Å²) in [7, 11) is 0. The summed E-state index contributed by atoms with van der Waals surface area (Å²) in [6.07, 6.45) is 0. The summed E-state index contributed by atoms with van der Waals surface area (Å²) in [5, 5.41) is 3.05. The lowest BCUT2D eigenvalue weighted by atomic mass is 10.2. The molecule has 2 nitrogen and oxygen atoms in total. The van der Waals surface area contributed by atoms with Crippen molar-refractivity contribution in [1.29, 1.82) is 0 Å². The molecule has 0 unspecified atom stereocenters. The number of nitrogens with one attached hydrogen (secondary N) is 1. The minimum absolute atomic E-state index is 0.328. The summed E-state index contributed by atoms with van der Waals surface area (Å²) < 4.78 is 33.2. The molecule has 0 heterocycles. The third-order valence-corrected chi connectivity index (χ3v) is 4.18. The molecule has 0 bridgehead atoms. The van der Waals surface area contributed by atoms with Crippen LogP contribution in [0.1, 0.15) is 5.56 Å². The highest BCUT2D eigenvalue weighted by atomic mass is 79.9. The van der Waals surface area contributed by atoms with Crippen molar-refractivity contribution < 1.29 is 13.5 Å². The fraction of sp³-hybridized carbons (Fsp3) is 0.0526. The van der Waals surface area contributed by atoms with E-state index in [0.29, 0.717) is 28.2 Å². The molecule has 0 aromatic heterocycles. The first-order valence-electron chi connectivity index (χ1n) is 7.30. The molecule has 3 aromatic carbocycles. The summed E-state index contributed by atoms with van der Waals surface area (Å²) in [6, 6.07) is 18.1. The Labute approximate surface area is 147 Å². The Balaban J connectivity index is 1.80. The minimum atomic E-state index is -0.425. The summed E-state index contributed by atoms with van der Waals surface area (Å²) in [5.74, 6) is -0.361. The van der Waals surface area contributed by atoms with Gasteiger partial charge >= 0.3 is 0 Å². The van der Waals surface area contributed by atoms with E-state index in [4.69, 9.17) is 4.74 Å². The van der Waals surface area contributed by atoms with Gasteiger partial charge in [-0.25, -0.2) is 8.78 Å². The lowest BCUT2D eigenvalue weighted by Gasteiger charge is -2.14. The number of ether oxygens (including phenoxy) is 1. The van der Waals surface area contributed by atoms with E-state index in [0.717, 1.165) is 5.56 Å². The molecule has 24 heavy (non-hydrogen) atoms. The molecule has 3 aromatic rings. The van der Waals surface area contributed by atoms with Crippen molar-refractivity contribution in [2.24, 2.45) is 0 Å². The zero-order valence-corrected chi connectivity index (χ0v) is 14.2. The molecular formula is C19H14BrF2NO.